The molecule has 2 fully saturated rings. The predicted molar refractivity (Wildman–Crippen MR) is 188 cm³/mol. The molecule has 2 heteroatoms. The van der Waals surface area contributed by atoms with E-state index in [1.165, 1.54) is 49.6 Å². The lowest BCUT2D eigenvalue weighted by Crippen LogP contribution is -2.31. The van der Waals surface area contributed by atoms with Crippen molar-refractivity contribution in [3.63, 3.8) is 0 Å². The Morgan fingerprint density at radius 1 is 0.674 bits per heavy atom. The van der Waals surface area contributed by atoms with Crippen molar-refractivity contribution < 1.29 is 1.37 Å². The van der Waals surface area contributed by atoms with Crippen molar-refractivity contribution in [3.8, 4) is 0 Å². The average Bonchev–Trinajstić information content (AvgIpc) is 3.01. The Kier molecular flexibility index (Phi) is 8.06. The van der Waals surface area contributed by atoms with E-state index in [9.17, 15) is 1.37 Å². The Morgan fingerprint density at radius 3 is 1.91 bits per heavy atom. The first kappa shape index (κ1) is 28.6. The van der Waals surface area contributed by atoms with E-state index in [2.05, 4.69) is 120 Å². The fourth-order valence-corrected chi connectivity index (χ4v) is 7.78. The van der Waals surface area contributed by atoms with Gasteiger partial charge in [0.25, 0.3) is 0 Å². The van der Waals surface area contributed by atoms with Crippen molar-refractivity contribution in [3.05, 3.63) is 89.5 Å². The van der Waals surface area contributed by atoms with Gasteiger partial charge >= 0.3 is 0 Å². The Morgan fingerprint density at radius 2 is 1.26 bits per heavy atom. The predicted octanol–water partition coefficient (Wildman–Crippen LogP) is 11.4. The molecule has 3 aliphatic rings. The van der Waals surface area contributed by atoms with Gasteiger partial charge in [0.1, 0.15) is 0 Å². The van der Waals surface area contributed by atoms with E-state index in [4.69, 9.17) is 4.99 Å². The van der Waals surface area contributed by atoms with Crippen molar-refractivity contribution in [1.29, 1.82) is 0 Å². The van der Waals surface area contributed by atoms with Gasteiger partial charge in [0.2, 0.25) is 0 Å². The number of fused-ring (bicyclic) bond motifs is 2. The van der Waals surface area contributed by atoms with Crippen molar-refractivity contribution >= 4 is 33.8 Å². The highest BCUT2D eigenvalue weighted by molar-refractivity contribution is 6.17. The molecule has 0 atom stereocenters. The molecule has 0 radical (unpaired) electrons. The molecule has 0 unspecified atom stereocenters. The first-order valence-corrected chi connectivity index (χ1v) is 16.8. The van der Waals surface area contributed by atoms with Gasteiger partial charge < -0.3 is 5.32 Å². The van der Waals surface area contributed by atoms with Crippen LogP contribution < -0.4 is 5.32 Å². The third kappa shape index (κ3) is 6.69. The third-order valence-electron chi connectivity index (χ3n) is 10.6. The molecule has 0 aromatic heterocycles. The van der Waals surface area contributed by atoms with Crippen LogP contribution in [0, 0.1) is 22.7 Å². The van der Waals surface area contributed by atoms with Crippen molar-refractivity contribution in [1.82, 2.24) is 0 Å². The summed E-state index contributed by atoms with van der Waals surface area (Å²) in [6.45, 7) is 14.3. The van der Waals surface area contributed by atoms with Crippen LogP contribution >= 0.6 is 0 Å². The molecule has 0 aliphatic heterocycles. The monoisotopic (exact) mass is 573 g/mol. The lowest BCUT2D eigenvalue weighted by atomic mass is 9.71. The molecule has 3 aromatic rings. The molecule has 2 saturated carbocycles. The maximum Gasteiger partial charge on any atom is 0.0656 e. The van der Waals surface area contributed by atoms with Gasteiger partial charge in [-0.1, -0.05) is 102 Å². The van der Waals surface area contributed by atoms with Crippen molar-refractivity contribution in [2.75, 3.05) is 5.32 Å². The normalized spacial score (nSPS) is 27.1. The summed E-state index contributed by atoms with van der Waals surface area (Å²) in [7, 11) is 0. The molecule has 0 spiro atoms. The smallest absolute Gasteiger partial charge is 0.0656 e. The van der Waals surface area contributed by atoms with Gasteiger partial charge in [-0.3, -0.25) is 4.99 Å². The molecule has 0 heterocycles. The van der Waals surface area contributed by atoms with Gasteiger partial charge in [0, 0.05) is 22.7 Å². The minimum Gasteiger partial charge on any atom is -0.382 e. The number of anilines is 1. The van der Waals surface area contributed by atoms with Gasteiger partial charge in [-0.2, -0.15) is 0 Å². The molecule has 3 aliphatic carbocycles. The van der Waals surface area contributed by atoms with Crippen molar-refractivity contribution in [2.24, 2.45) is 27.7 Å². The fraction of sp³-hybridized carbons (Fsp3) is 0.488. The Hall–Kier alpha value is -3.13. The minimum absolute atomic E-state index is 0.379. The van der Waals surface area contributed by atoms with Crippen LogP contribution in [-0.4, -0.2) is 17.8 Å². The van der Waals surface area contributed by atoms with Gasteiger partial charge in [-0.25, -0.2) is 0 Å². The number of allylic oxidation sites excluding steroid dienone is 3. The average molecular weight is 574 g/mol. The van der Waals surface area contributed by atoms with E-state index in [-0.39, 0.29) is 0 Å². The Balaban J connectivity index is 1.27. The number of hydrogen-bond acceptors (Lipinski definition) is 2. The first-order chi connectivity index (χ1) is 21.0. The quantitative estimate of drug-likeness (QED) is 0.330. The van der Waals surface area contributed by atoms with Gasteiger partial charge in [0.05, 0.1) is 13.1 Å². The maximum atomic E-state index is 9.49. The van der Waals surface area contributed by atoms with Crippen LogP contribution in [0.4, 0.5) is 5.69 Å². The summed E-state index contributed by atoms with van der Waals surface area (Å²) in [6.07, 6.45) is 14.2. The Labute approximate surface area is 262 Å². The second-order valence-electron chi connectivity index (χ2n) is 15.6. The second kappa shape index (κ2) is 12.1. The summed E-state index contributed by atoms with van der Waals surface area (Å²) < 4.78 is 9.49. The molecule has 43 heavy (non-hydrogen) atoms. The van der Waals surface area contributed by atoms with E-state index < -0.39 is 0 Å². The largest absolute Gasteiger partial charge is 0.382 e. The second-order valence-corrected chi connectivity index (χ2v) is 15.6. The highest BCUT2D eigenvalue weighted by Crippen LogP contribution is 2.41. The van der Waals surface area contributed by atoms with Crippen LogP contribution in [0.1, 0.15) is 111 Å². The molecular weight excluding hydrogens is 520 g/mol. The van der Waals surface area contributed by atoms with Crippen LogP contribution in [-0.2, 0) is 0 Å². The Bertz CT molecular complexity index is 1580. The van der Waals surface area contributed by atoms with E-state index in [1.54, 1.807) is 0 Å². The van der Waals surface area contributed by atoms with Gasteiger partial charge in [0.15, 0.2) is 0 Å². The zero-order valence-electron chi connectivity index (χ0n) is 28.3. The number of benzene rings is 3. The van der Waals surface area contributed by atoms with Crippen LogP contribution in [0.5, 0.6) is 0 Å². The van der Waals surface area contributed by atoms with Crippen LogP contribution in [0.2, 0.25) is 0 Å². The highest BCUT2D eigenvalue weighted by Gasteiger charge is 2.31. The molecular formula is C41H52N2. The molecule has 2 nitrogen and oxygen atoms in total. The molecule has 3 aromatic carbocycles. The van der Waals surface area contributed by atoms with Crippen LogP contribution in [0.15, 0.2) is 77.8 Å². The minimum atomic E-state index is 0.379. The summed E-state index contributed by atoms with van der Waals surface area (Å²) in [4.78, 5) is 5.29. The standard InChI is InChI=1S/C41H52N2/c1-40(2,3)30-17-21-32(22-18-30)42-38-25-15-28(34-11-7-9-13-36(34)38)27-29-16-26-39(37-14-10-8-12-35(29)37)43-33-23-19-31(20-24-33)41(4,5)6/h7-16,25-27,30-33,42H,17-24H2,1-6H3/b29-27-,43-39?/i27D. The lowest BCUT2D eigenvalue weighted by molar-refractivity contribution is 0.170. The van der Waals surface area contributed by atoms with E-state index in [0.29, 0.717) is 29.0 Å². The van der Waals surface area contributed by atoms with E-state index in [0.717, 1.165) is 58.0 Å². The summed E-state index contributed by atoms with van der Waals surface area (Å²) in [5.74, 6) is 1.59. The van der Waals surface area contributed by atoms with E-state index in [1.807, 2.05) is 0 Å². The zero-order valence-corrected chi connectivity index (χ0v) is 27.3. The molecule has 0 amide bonds. The number of nitrogens with one attached hydrogen (secondary N) is 1. The summed E-state index contributed by atoms with van der Waals surface area (Å²) in [5.41, 5.74) is 7.26. The molecule has 1 N–H and O–H groups in total. The number of aliphatic imine (C=N–C) groups is 1. The van der Waals surface area contributed by atoms with Gasteiger partial charge in [-0.05, 0) is 114 Å². The SMILES string of the molecule is [2H]/C(=C1\C=CC(=NC2CCC(C(C)(C)C)CC2)c2ccccc21)c1ccc(NC2CCC(C(C)(C)C)CC2)c2ccccc12. The number of hydrogen-bond donors (Lipinski definition) is 1. The molecule has 6 rings (SSSR count). The highest BCUT2D eigenvalue weighted by atomic mass is 14.9. The lowest BCUT2D eigenvalue weighted by Gasteiger charge is -2.37. The summed E-state index contributed by atoms with van der Waals surface area (Å²) in [6, 6.07) is 23.0. The van der Waals surface area contributed by atoms with Crippen molar-refractivity contribution in [2.45, 2.75) is 105 Å². The number of rotatable bonds is 4. The molecule has 0 bridgehead atoms. The third-order valence-corrected chi connectivity index (χ3v) is 10.6. The fourth-order valence-electron chi connectivity index (χ4n) is 7.78. The molecule has 0 saturated heterocycles. The number of nitrogens with zero attached hydrogens (tertiary/aromatic N) is 1. The van der Waals surface area contributed by atoms with E-state index >= 15 is 0 Å². The first-order valence-electron chi connectivity index (χ1n) is 17.3. The summed E-state index contributed by atoms with van der Waals surface area (Å²) in [5, 5.41) is 6.25. The van der Waals surface area contributed by atoms with Crippen LogP contribution in [0.25, 0.3) is 22.4 Å². The summed E-state index contributed by atoms with van der Waals surface area (Å²) >= 11 is 0. The zero-order chi connectivity index (χ0) is 31.1. The van der Waals surface area contributed by atoms with Gasteiger partial charge in [-0.15, -0.1) is 0 Å². The van der Waals surface area contributed by atoms with Crippen LogP contribution in [0.3, 0.4) is 0 Å². The molecule has 226 valence electrons. The topological polar surface area (TPSA) is 24.4 Å². The maximum absolute atomic E-state index is 9.49.